The van der Waals surface area contributed by atoms with Crippen molar-refractivity contribution in [2.75, 3.05) is 0 Å². The lowest BCUT2D eigenvalue weighted by atomic mass is 9.98. The Bertz CT molecular complexity index is 272. The summed E-state index contributed by atoms with van der Waals surface area (Å²) in [5, 5.41) is 11.7. The summed E-state index contributed by atoms with van der Waals surface area (Å²) in [5.74, 6) is -0.606. The van der Waals surface area contributed by atoms with Crippen LogP contribution in [0, 0.1) is 11.8 Å². The van der Waals surface area contributed by atoms with Crippen molar-refractivity contribution in [2.45, 2.75) is 58.4 Å². The maximum absolute atomic E-state index is 11.8. The molecule has 0 heterocycles. The van der Waals surface area contributed by atoms with Crippen LogP contribution in [0.25, 0.3) is 0 Å². The van der Waals surface area contributed by atoms with E-state index in [4.69, 9.17) is 5.11 Å². The fourth-order valence-electron chi connectivity index (χ4n) is 2.39. The second-order valence-electron chi connectivity index (χ2n) is 5.12. The summed E-state index contributed by atoms with van der Waals surface area (Å²) in [6.07, 6.45) is 5.85. The highest BCUT2D eigenvalue weighted by molar-refractivity contribution is 5.83. The van der Waals surface area contributed by atoms with Crippen molar-refractivity contribution in [2.24, 2.45) is 11.8 Å². The van der Waals surface area contributed by atoms with Crippen LogP contribution in [0.4, 0.5) is 0 Å². The SMILES string of the molecule is CC[C@@H](C)[C@@H](NC(=O)CC1CCCC1)C(=O)O. The summed E-state index contributed by atoms with van der Waals surface area (Å²) < 4.78 is 0. The molecule has 0 radical (unpaired) electrons. The van der Waals surface area contributed by atoms with Gasteiger partial charge in [0.2, 0.25) is 5.91 Å². The van der Waals surface area contributed by atoms with Crippen molar-refractivity contribution in [1.82, 2.24) is 5.32 Å². The van der Waals surface area contributed by atoms with E-state index in [0.29, 0.717) is 12.3 Å². The number of rotatable bonds is 6. The largest absolute Gasteiger partial charge is 0.480 e. The molecule has 0 spiro atoms. The van der Waals surface area contributed by atoms with Crippen molar-refractivity contribution in [3.8, 4) is 0 Å². The highest BCUT2D eigenvalue weighted by Crippen LogP contribution is 2.27. The molecular weight excluding hydrogens is 218 g/mol. The Morgan fingerprint density at radius 1 is 1.35 bits per heavy atom. The van der Waals surface area contributed by atoms with E-state index in [2.05, 4.69) is 5.32 Å². The van der Waals surface area contributed by atoms with Gasteiger partial charge >= 0.3 is 5.97 Å². The zero-order valence-corrected chi connectivity index (χ0v) is 10.7. The molecule has 2 N–H and O–H groups in total. The Morgan fingerprint density at radius 3 is 2.41 bits per heavy atom. The van der Waals surface area contributed by atoms with E-state index in [-0.39, 0.29) is 11.8 Å². The van der Waals surface area contributed by atoms with Crippen LogP contribution in [0.3, 0.4) is 0 Å². The number of carbonyl (C=O) groups is 2. The molecule has 4 heteroatoms. The van der Waals surface area contributed by atoms with Crippen molar-refractivity contribution in [3.05, 3.63) is 0 Å². The lowest BCUT2D eigenvalue weighted by Crippen LogP contribution is -2.45. The number of amides is 1. The van der Waals surface area contributed by atoms with E-state index < -0.39 is 12.0 Å². The van der Waals surface area contributed by atoms with Crippen LogP contribution < -0.4 is 5.32 Å². The van der Waals surface area contributed by atoms with Gasteiger partial charge in [-0.25, -0.2) is 4.79 Å². The fraction of sp³-hybridized carbons (Fsp3) is 0.846. The minimum atomic E-state index is -0.931. The average molecular weight is 241 g/mol. The third-order valence-corrected chi connectivity index (χ3v) is 3.74. The summed E-state index contributed by atoms with van der Waals surface area (Å²) in [6.45, 7) is 3.79. The summed E-state index contributed by atoms with van der Waals surface area (Å²) >= 11 is 0. The van der Waals surface area contributed by atoms with Gasteiger partial charge in [-0.1, -0.05) is 33.1 Å². The van der Waals surface area contributed by atoms with Crippen molar-refractivity contribution in [3.63, 3.8) is 0 Å². The normalized spacial score (nSPS) is 19.9. The molecule has 1 saturated carbocycles. The van der Waals surface area contributed by atoms with Gasteiger partial charge in [-0.2, -0.15) is 0 Å². The molecule has 1 aliphatic carbocycles. The molecule has 0 aromatic heterocycles. The van der Waals surface area contributed by atoms with Crippen LogP contribution in [-0.4, -0.2) is 23.0 Å². The molecule has 17 heavy (non-hydrogen) atoms. The predicted octanol–water partition coefficient (Wildman–Crippen LogP) is 2.18. The van der Waals surface area contributed by atoms with Gasteiger partial charge in [0.25, 0.3) is 0 Å². The molecule has 1 rings (SSSR count). The predicted molar refractivity (Wildman–Crippen MR) is 65.6 cm³/mol. The number of hydrogen-bond donors (Lipinski definition) is 2. The monoisotopic (exact) mass is 241 g/mol. The zero-order valence-electron chi connectivity index (χ0n) is 10.7. The van der Waals surface area contributed by atoms with E-state index >= 15 is 0 Å². The van der Waals surface area contributed by atoms with Crippen molar-refractivity contribution >= 4 is 11.9 Å². The number of carboxylic acids is 1. The quantitative estimate of drug-likeness (QED) is 0.749. The molecule has 1 aliphatic rings. The molecule has 1 amide bonds. The second-order valence-corrected chi connectivity index (χ2v) is 5.12. The highest BCUT2D eigenvalue weighted by Gasteiger charge is 2.26. The fourth-order valence-corrected chi connectivity index (χ4v) is 2.39. The molecule has 4 nitrogen and oxygen atoms in total. The van der Waals surface area contributed by atoms with Crippen molar-refractivity contribution in [1.29, 1.82) is 0 Å². The van der Waals surface area contributed by atoms with Crippen LogP contribution in [0.2, 0.25) is 0 Å². The molecule has 0 aliphatic heterocycles. The standard InChI is InChI=1S/C13H23NO3/c1-3-9(2)12(13(16)17)14-11(15)8-10-6-4-5-7-10/h9-10,12H,3-8H2,1-2H3,(H,14,15)(H,16,17)/t9-,12-/m1/s1. The molecule has 0 bridgehead atoms. The van der Waals surface area contributed by atoms with Crippen LogP contribution in [-0.2, 0) is 9.59 Å². The summed E-state index contributed by atoms with van der Waals surface area (Å²) in [7, 11) is 0. The van der Waals surface area contributed by atoms with Crippen LogP contribution >= 0.6 is 0 Å². The molecule has 0 aromatic carbocycles. The minimum Gasteiger partial charge on any atom is -0.480 e. The highest BCUT2D eigenvalue weighted by atomic mass is 16.4. The molecule has 2 atom stereocenters. The number of aliphatic carboxylic acids is 1. The van der Waals surface area contributed by atoms with Gasteiger partial charge in [0.05, 0.1) is 0 Å². The Kier molecular flexibility index (Phi) is 5.45. The maximum Gasteiger partial charge on any atom is 0.326 e. The third-order valence-electron chi connectivity index (χ3n) is 3.74. The average Bonchev–Trinajstić information content (AvgIpc) is 2.77. The number of nitrogens with one attached hydrogen (secondary N) is 1. The first-order chi connectivity index (χ1) is 8.04. The summed E-state index contributed by atoms with van der Waals surface area (Å²) in [6, 6.07) is -0.742. The van der Waals surface area contributed by atoms with Crippen LogP contribution in [0.1, 0.15) is 52.4 Å². The maximum atomic E-state index is 11.8. The molecular formula is C13H23NO3. The molecule has 0 unspecified atom stereocenters. The molecule has 0 aromatic rings. The summed E-state index contributed by atoms with van der Waals surface area (Å²) in [5.41, 5.74) is 0. The number of carbonyl (C=O) groups excluding carboxylic acids is 1. The lowest BCUT2D eigenvalue weighted by Gasteiger charge is -2.21. The van der Waals surface area contributed by atoms with Gasteiger partial charge in [0.15, 0.2) is 0 Å². The molecule has 0 saturated heterocycles. The van der Waals surface area contributed by atoms with Gasteiger partial charge in [0.1, 0.15) is 6.04 Å². The van der Waals surface area contributed by atoms with Crippen molar-refractivity contribution < 1.29 is 14.7 Å². The van der Waals surface area contributed by atoms with Gasteiger partial charge < -0.3 is 10.4 Å². The Hall–Kier alpha value is -1.06. The smallest absolute Gasteiger partial charge is 0.326 e. The second kappa shape index (κ2) is 6.62. The molecule has 1 fully saturated rings. The number of carboxylic acid groups (broad SMARTS) is 1. The Labute approximate surface area is 103 Å². The Balaban J connectivity index is 2.43. The first kappa shape index (κ1) is 14.0. The minimum absolute atomic E-state index is 0.0278. The van der Waals surface area contributed by atoms with Gasteiger partial charge in [0, 0.05) is 6.42 Å². The van der Waals surface area contributed by atoms with E-state index in [1.807, 2.05) is 13.8 Å². The van der Waals surface area contributed by atoms with E-state index in [9.17, 15) is 9.59 Å². The summed E-state index contributed by atoms with van der Waals surface area (Å²) in [4.78, 5) is 22.8. The first-order valence-electron chi connectivity index (χ1n) is 6.56. The third kappa shape index (κ3) is 4.36. The van der Waals surface area contributed by atoms with E-state index in [0.717, 1.165) is 19.3 Å². The zero-order chi connectivity index (χ0) is 12.8. The van der Waals surface area contributed by atoms with E-state index in [1.165, 1.54) is 12.8 Å². The van der Waals surface area contributed by atoms with E-state index in [1.54, 1.807) is 0 Å². The van der Waals surface area contributed by atoms with Gasteiger partial charge in [-0.3, -0.25) is 4.79 Å². The van der Waals surface area contributed by atoms with Crippen LogP contribution in [0.5, 0.6) is 0 Å². The Morgan fingerprint density at radius 2 is 1.94 bits per heavy atom. The van der Waals surface area contributed by atoms with Crippen LogP contribution in [0.15, 0.2) is 0 Å². The number of hydrogen-bond acceptors (Lipinski definition) is 2. The topological polar surface area (TPSA) is 66.4 Å². The van der Waals surface area contributed by atoms with Gasteiger partial charge in [-0.05, 0) is 24.7 Å². The lowest BCUT2D eigenvalue weighted by molar-refractivity contribution is -0.143. The van der Waals surface area contributed by atoms with Gasteiger partial charge in [-0.15, -0.1) is 0 Å². The first-order valence-corrected chi connectivity index (χ1v) is 6.56. The molecule has 98 valence electrons.